The Bertz CT molecular complexity index is 1250. The van der Waals surface area contributed by atoms with E-state index in [-0.39, 0.29) is 41.8 Å². The number of anilines is 1. The van der Waals surface area contributed by atoms with Gasteiger partial charge < -0.3 is 24.6 Å². The van der Waals surface area contributed by atoms with E-state index in [0.717, 1.165) is 50.5 Å². The average molecular weight is 503 g/mol. The summed E-state index contributed by atoms with van der Waals surface area (Å²) in [6, 6.07) is 8.08. The lowest BCUT2D eigenvalue weighted by Gasteiger charge is -2.33. The fraction of sp³-hybridized carbons (Fsp3) is 0.560. The van der Waals surface area contributed by atoms with E-state index < -0.39 is 12.7 Å². The summed E-state index contributed by atoms with van der Waals surface area (Å²) in [5.74, 6) is 0.187. The molecule has 2 saturated carbocycles. The Morgan fingerprint density at radius 3 is 2.58 bits per heavy atom. The van der Waals surface area contributed by atoms with E-state index in [0.29, 0.717) is 10.9 Å². The molecule has 0 spiro atoms. The van der Waals surface area contributed by atoms with Crippen LogP contribution in [0.2, 0.25) is 0 Å². The van der Waals surface area contributed by atoms with Gasteiger partial charge in [0.25, 0.3) is 0 Å². The summed E-state index contributed by atoms with van der Waals surface area (Å²) in [6.07, 6.45) is 1.90. The van der Waals surface area contributed by atoms with E-state index in [2.05, 4.69) is 25.7 Å². The smallest absolute Gasteiger partial charge is 0.382 e. The molecule has 0 bridgehead atoms. The zero-order valence-corrected chi connectivity index (χ0v) is 19.9. The van der Waals surface area contributed by atoms with E-state index in [1.165, 1.54) is 17.4 Å². The van der Waals surface area contributed by atoms with E-state index in [4.69, 9.17) is 4.52 Å². The van der Waals surface area contributed by atoms with Gasteiger partial charge in [0, 0.05) is 42.2 Å². The van der Waals surface area contributed by atoms with Crippen LogP contribution < -0.4 is 10.6 Å². The number of hydrogen-bond donors (Lipinski definition) is 2. The normalized spacial score (nSPS) is 19.6. The van der Waals surface area contributed by atoms with E-state index >= 15 is 0 Å². The van der Waals surface area contributed by atoms with Crippen LogP contribution in [0.15, 0.2) is 28.8 Å². The molecule has 1 amide bonds. The summed E-state index contributed by atoms with van der Waals surface area (Å²) in [4.78, 5) is 18.7. The average Bonchev–Trinajstić information content (AvgIpc) is 3.78. The third-order valence-corrected chi connectivity index (χ3v) is 7.29. The number of rotatable bonds is 8. The highest BCUT2D eigenvalue weighted by atomic mass is 19.4. The van der Waals surface area contributed by atoms with E-state index in [1.54, 1.807) is 18.2 Å². The number of aromatic nitrogens is 3. The third-order valence-electron chi connectivity index (χ3n) is 7.29. The molecule has 3 aliphatic rings. The first-order valence-corrected chi connectivity index (χ1v) is 12.6. The van der Waals surface area contributed by atoms with Gasteiger partial charge in [-0.1, -0.05) is 11.2 Å². The summed E-state index contributed by atoms with van der Waals surface area (Å²) >= 11 is 0. The highest BCUT2D eigenvalue weighted by Crippen LogP contribution is 2.36. The summed E-state index contributed by atoms with van der Waals surface area (Å²) in [5.41, 5.74) is 1.49. The van der Waals surface area contributed by atoms with E-state index in [9.17, 15) is 18.0 Å². The largest absolute Gasteiger partial charge is 0.406 e. The zero-order chi connectivity index (χ0) is 24.9. The fourth-order valence-corrected chi connectivity index (χ4v) is 5.10. The predicted octanol–water partition coefficient (Wildman–Crippen LogP) is 4.32. The molecule has 1 aromatic carbocycles. The van der Waals surface area contributed by atoms with Crippen molar-refractivity contribution >= 4 is 22.5 Å². The molecule has 0 radical (unpaired) electrons. The Morgan fingerprint density at radius 1 is 1.11 bits per heavy atom. The SMILES string of the molecule is O=C(NCc1nc(-c2cc3c(NC4CCN(C5CC5)CC4)cccc3n2CC(F)(F)F)no1)C1CC1. The van der Waals surface area contributed by atoms with Gasteiger partial charge in [0.1, 0.15) is 6.54 Å². The molecule has 0 unspecified atom stereocenters. The fourth-order valence-electron chi connectivity index (χ4n) is 5.10. The number of likely N-dealkylation sites (tertiary alicyclic amines) is 1. The van der Waals surface area contributed by atoms with Crippen LogP contribution in [0.3, 0.4) is 0 Å². The molecule has 3 heterocycles. The van der Waals surface area contributed by atoms with Crippen molar-refractivity contribution in [1.29, 1.82) is 0 Å². The van der Waals surface area contributed by atoms with Crippen LogP contribution in [0.1, 0.15) is 44.4 Å². The van der Waals surface area contributed by atoms with Gasteiger partial charge in [-0.15, -0.1) is 0 Å². The quantitative estimate of drug-likeness (QED) is 0.477. The highest BCUT2D eigenvalue weighted by Gasteiger charge is 2.33. The minimum Gasteiger partial charge on any atom is -0.382 e. The molecule has 1 aliphatic heterocycles. The van der Waals surface area contributed by atoms with Gasteiger partial charge in [0.05, 0.1) is 17.8 Å². The number of nitrogens with one attached hydrogen (secondary N) is 2. The number of piperidine rings is 1. The van der Waals surface area contributed by atoms with Gasteiger partial charge in [-0.05, 0) is 56.7 Å². The first-order valence-electron chi connectivity index (χ1n) is 12.6. The molecular weight excluding hydrogens is 473 g/mol. The van der Waals surface area contributed by atoms with Crippen LogP contribution in [-0.4, -0.2) is 56.9 Å². The minimum atomic E-state index is -4.43. The molecule has 3 fully saturated rings. The topological polar surface area (TPSA) is 88.2 Å². The van der Waals surface area contributed by atoms with Crippen LogP contribution in [-0.2, 0) is 17.9 Å². The first-order chi connectivity index (χ1) is 17.3. The zero-order valence-electron chi connectivity index (χ0n) is 19.9. The summed E-state index contributed by atoms with van der Waals surface area (Å²) in [7, 11) is 0. The Morgan fingerprint density at radius 2 is 1.89 bits per heavy atom. The molecule has 2 N–H and O–H groups in total. The van der Waals surface area contributed by atoms with Gasteiger partial charge in [-0.3, -0.25) is 4.79 Å². The maximum atomic E-state index is 13.6. The van der Waals surface area contributed by atoms with Gasteiger partial charge in [-0.2, -0.15) is 18.2 Å². The summed E-state index contributed by atoms with van der Waals surface area (Å²) < 4.78 is 47.1. The molecular formula is C25H29F3N6O2. The van der Waals surface area contributed by atoms with Crippen molar-refractivity contribution in [3.8, 4) is 11.5 Å². The molecule has 2 aliphatic carbocycles. The van der Waals surface area contributed by atoms with Crippen LogP contribution in [0, 0.1) is 5.92 Å². The molecule has 11 heteroatoms. The first kappa shape index (κ1) is 23.3. The van der Waals surface area contributed by atoms with Gasteiger partial charge in [0.2, 0.25) is 17.6 Å². The number of hydrogen-bond acceptors (Lipinski definition) is 6. The molecule has 8 nitrogen and oxygen atoms in total. The van der Waals surface area contributed by atoms with Crippen molar-refractivity contribution in [3.05, 3.63) is 30.2 Å². The van der Waals surface area contributed by atoms with Crippen molar-refractivity contribution in [1.82, 2.24) is 24.9 Å². The van der Waals surface area contributed by atoms with Crippen LogP contribution in [0.5, 0.6) is 0 Å². The number of fused-ring (bicyclic) bond motifs is 1. The number of benzene rings is 1. The second-order valence-electron chi connectivity index (χ2n) is 10.2. The number of carbonyl (C=O) groups is 1. The van der Waals surface area contributed by atoms with Gasteiger partial charge in [-0.25, -0.2) is 0 Å². The van der Waals surface area contributed by atoms with Crippen LogP contribution >= 0.6 is 0 Å². The maximum Gasteiger partial charge on any atom is 0.406 e. The maximum absolute atomic E-state index is 13.6. The minimum absolute atomic E-state index is 0.0357. The molecule has 192 valence electrons. The van der Waals surface area contributed by atoms with Crippen molar-refractivity contribution < 1.29 is 22.5 Å². The summed E-state index contributed by atoms with van der Waals surface area (Å²) in [5, 5.41) is 10.9. The van der Waals surface area contributed by atoms with Crippen LogP contribution in [0.4, 0.5) is 18.9 Å². The highest BCUT2D eigenvalue weighted by molar-refractivity contribution is 5.96. The molecule has 1 saturated heterocycles. The summed E-state index contributed by atoms with van der Waals surface area (Å²) in [6.45, 7) is 0.967. The van der Waals surface area contributed by atoms with Crippen molar-refractivity contribution in [3.63, 3.8) is 0 Å². The predicted molar refractivity (Wildman–Crippen MR) is 127 cm³/mol. The molecule has 6 rings (SSSR count). The second-order valence-corrected chi connectivity index (χ2v) is 10.2. The molecule has 3 aromatic rings. The van der Waals surface area contributed by atoms with Crippen molar-refractivity contribution in [2.75, 3.05) is 18.4 Å². The molecule has 0 atom stereocenters. The number of alkyl halides is 3. The number of carbonyl (C=O) groups excluding carboxylic acids is 1. The second kappa shape index (κ2) is 9.10. The van der Waals surface area contributed by atoms with Crippen molar-refractivity contribution in [2.45, 2.75) is 69.9 Å². The number of nitrogens with zero attached hydrogens (tertiary/aromatic N) is 4. The number of amides is 1. The van der Waals surface area contributed by atoms with Crippen LogP contribution in [0.25, 0.3) is 22.4 Å². The Hall–Kier alpha value is -3.08. The Labute approximate surface area is 206 Å². The Kier molecular flexibility index (Phi) is 5.89. The monoisotopic (exact) mass is 502 g/mol. The van der Waals surface area contributed by atoms with E-state index in [1.807, 2.05) is 6.07 Å². The lowest BCUT2D eigenvalue weighted by atomic mass is 10.0. The Balaban J connectivity index is 1.26. The third kappa shape index (κ3) is 5.07. The number of halogens is 3. The van der Waals surface area contributed by atoms with Crippen molar-refractivity contribution in [2.24, 2.45) is 5.92 Å². The van der Waals surface area contributed by atoms with Gasteiger partial charge in [0.15, 0.2) is 0 Å². The molecule has 36 heavy (non-hydrogen) atoms. The van der Waals surface area contributed by atoms with Gasteiger partial charge >= 0.3 is 6.18 Å². The standard InChI is InChI=1S/C25H29F3N6O2/c26-25(27,28)14-34-20-3-1-2-19(30-16-8-10-33(11-9-16)17-6-7-17)18(20)12-21(34)23-31-22(36-32-23)13-29-24(35)15-4-5-15/h1-3,12,15-17,30H,4-11,13-14H2,(H,29,35). The lowest BCUT2D eigenvalue weighted by molar-refractivity contribution is -0.139. The molecule has 2 aromatic heterocycles. The lowest BCUT2D eigenvalue weighted by Crippen LogP contribution is -2.40.